The Hall–Kier alpha value is -4.45. The molecule has 174 valence electrons. The molecule has 5 nitrogen and oxygen atoms in total. The van der Waals surface area contributed by atoms with E-state index in [2.05, 4.69) is 5.32 Å². The van der Waals surface area contributed by atoms with Crippen molar-refractivity contribution in [2.24, 2.45) is 0 Å². The van der Waals surface area contributed by atoms with Gasteiger partial charge in [-0.15, -0.1) is 0 Å². The predicted molar refractivity (Wildman–Crippen MR) is 136 cm³/mol. The first kappa shape index (κ1) is 22.3. The zero-order chi connectivity index (χ0) is 24.4. The van der Waals surface area contributed by atoms with Gasteiger partial charge in [-0.3, -0.25) is 9.59 Å². The molecule has 6 heteroatoms. The molecule has 0 aromatic heterocycles. The minimum atomic E-state index is -0.505. The molecule has 0 bridgehead atoms. The van der Waals surface area contributed by atoms with E-state index in [9.17, 15) is 14.0 Å². The fraction of sp³-hybridized carbons (Fsp3) is 0.103. The minimum Gasteiger partial charge on any atom is -0.491 e. The lowest BCUT2D eigenvalue weighted by atomic mass is 10.0. The van der Waals surface area contributed by atoms with Gasteiger partial charge >= 0.3 is 0 Å². The molecule has 4 aromatic carbocycles. The summed E-state index contributed by atoms with van der Waals surface area (Å²) in [5.74, 6) is -0.988. The highest BCUT2D eigenvalue weighted by molar-refractivity contribution is 6.46. The van der Waals surface area contributed by atoms with E-state index in [1.165, 1.54) is 24.3 Å². The Morgan fingerprint density at radius 2 is 1.54 bits per heavy atom. The van der Waals surface area contributed by atoms with Crippen molar-refractivity contribution in [3.8, 4) is 5.75 Å². The largest absolute Gasteiger partial charge is 0.491 e. The van der Waals surface area contributed by atoms with Gasteiger partial charge in [0.2, 0.25) is 0 Å². The van der Waals surface area contributed by atoms with Crippen LogP contribution in [0.5, 0.6) is 5.75 Å². The van der Waals surface area contributed by atoms with Crippen molar-refractivity contribution in [2.45, 2.75) is 13.3 Å². The maximum absolute atomic E-state index is 13.8. The monoisotopic (exact) mass is 466 g/mol. The molecule has 0 aliphatic carbocycles. The van der Waals surface area contributed by atoms with Crippen LogP contribution in [-0.2, 0) is 9.59 Å². The number of nitrogens with one attached hydrogen (secondary N) is 1. The molecule has 0 saturated heterocycles. The van der Waals surface area contributed by atoms with E-state index in [0.29, 0.717) is 29.3 Å². The lowest BCUT2D eigenvalue weighted by Gasteiger charge is -2.19. The molecule has 0 unspecified atom stereocenters. The number of para-hydroxylation sites is 2. The van der Waals surface area contributed by atoms with Crippen LogP contribution < -0.4 is 15.0 Å². The molecular formula is C29H23FN2O3. The van der Waals surface area contributed by atoms with Gasteiger partial charge in [-0.1, -0.05) is 67.6 Å². The summed E-state index contributed by atoms with van der Waals surface area (Å²) in [6.45, 7) is 2.43. The van der Waals surface area contributed by atoms with Crippen LogP contribution >= 0.6 is 0 Å². The molecular weight excluding hydrogens is 443 g/mol. The van der Waals surface area contributed by atoms with Crippen LogP contribution in [0.1, 0.15) is 18.9 Å². The number of rotatable bonds is 7. The van der Waals surface area contributed by atoms with Crippen molar-refractivity contribution < 1.29 is 18.7 Å². The Balaban J connectivity index is 1.64. The van der Waals surface area contributed by atoms with Crippen LogP contribution in [0, 0.1) is 5.82 Å². The van der Waals surface area contributed by atoms with Gasteiger partial charge in [0.15, 0.2) is 0 Å². The second kappa shape index (κ2) is 9.43. The van der Waals surface area contributed by atoms with Crippen molar-refractivity contribution >= 4 is 39.5 Å². The number of carbonyl (C=O) groups excluding carboxylic acids is 2. The smallest absolute Gasteiger partial charge is 0.282 e. The van der Waals surface area contributed by atoms with Gasteiger partial charge in [0.1, 0.15) is 17.3 Å². The molecule has 0 radical (unpaired) electrons. The van der Waals surface area contributed by atoms with Crippen LogP contribution in [0.25, 0.3) is 16.3 Å². The van der Waals surface area contributed by atoms with Crippen molar-refractivity contribution in [1.82, 2.24) is 0 Å². The van der Waals surface area contributed by atoms with E-state index in [1.54, 1.807) is 24.3 Å². The lowest BCUT2D eigenvalue weighted by Crippen LogP contribution is -2.32. The molecule has 4 aromatic rings. The number of imide groups is 1. The quantitative estimate of drug-likeness (QED) is 0.331. The molecule has 5 rings (SSSR count). The first-order chi connectivity index (χ1) is 17.1. The van der Waals surface area contributed by atoms with Gasteiger partial charge in [0, 0.05) is 11.1 Å². The first-order valence-electron chi connectivity index (χ1n) is 11.4. The molecule has 1 N–H and O–H groups in total. The zero-order valence-corrected chi connectivity index (χ0v) is 19.1. The van der Waals surface area contributed by atoms with Gasteiger partial charge in [-0.05, 0) is 47.7 Å². The third-order valence-electron chi connectivity index (χ3n) is 5.83. The van der Waals surface area contributed by atoms with Gasteiger partial charge in [-0.2, -0.15) is 0 Å². The fourth-order valence-electron chi connectivity index (χ4n) is 4.19. The van der Waals surface area contributed by atoms with Crippen LogP contribution in [0.2, 0.25) is 0 Å². The summed E-state index contributed by atoms with van der Waals surface area (Å²) in [5, 5.41) is 5.13. The van der Waals surface area contributed by atoms with Gasteiger partial charge in [0.05, 0.1) is 17.9 Å². The highest BCUT2D eigenvalue weighted by Crippen LogP contribution is 2.38. The lowest BCUT2D eigenvalue weighted by molar-refractivity contribution is -0.120. The summed E-state index contributed by atoms with van der Waals surface area (Å²) in [6, 6.07) is 26.0. The number of ether oxygens (including phenoxy) is 1. The topological polar surface area (TPSA) is 58.6 Å². The number of nitrogens with zero attached hydrogens (tertiary/aromatic N) is 1. The molecule has 0 atom stereocenters. The average Bonchev–Trinajstić information content (AvgIpc) is 3.12. The van der Waals surface area contributed by atoms with Crippen LogP contribution in [0.15, 0.2) is 96.7 Å². The second-order valence-corrected chi connectivity index (χ2v) is 8.17. The van der Waals surface area contributed by atoms with Gasteiger partial charge < -0.3 is 10.1 Å². The van der Waals surface area contributed by atoms with E-state index >= 15 is 0 Å². The summed E-state index contributed by atoms with van der Waals surface area (Å²) < 4.78 is 19.5. The fourth-order valence-corrected chi connectivity index (χ4v) is 4.19. The Morgan fingerprint density at radius 3 is 2.34 bits per heavy atom. The number of amides is 2. The molecule has 0 spiro atoms. The Kier molecular flexibility index (Phi) is 6.02. The number of carbonyl (C=O) groups is 2. The van der Waals surface area contributed by atoms with Crippen molar-refractivity contribution in [3.63, 3.8) is 0 Å². The minimum absolute atomic E-state index is 0.128. The number of fused-ring (bicyclic) bond motifs is 1. The third kappa shape index (κ3) is 4.15. The van der Waals surface area contributed by atoms with E-state index in [-0.39, 0.29) is 11.3 Å². The molecule has 0 saturated carbocycles. The number of benzene rings is 4. The summed E-state index contributed by atoms with van der Waals surface area (Å²) in [7, 11) is 0. The molecule has 35 heavy (non-hydrogen) atoms. The van der Waals surface area contributed by atoms with Gasteiger partial charge in [0.25, 0.3) is 11.8 Å². The average molecular weight is 467 g/mol. The van der Waals surface area contributed by atoms with E-state index in [1.807, 2.05) is 49.4 Å². The van der Waals surface area contributed by atoms with Crippen LogP contribution in [0.4, 0.5) is 15.8 Å². The van der Waals surface area contributed by atoms with E-state index in [0.717, 1.165) is 22.1 Å². The standard InChI is InChI=1S/C29H23FN2O3/c1-2-18-35-25-13-6-5-12-24(25)32-28(33)26(20-14-16-21(30)17-15-20)27(29(32)34)31-23-11-7-9-19-8-3-4-10-22(19)23/h3-17,31H,2,18H2,1H3. The molecule has 1 heterocycles. The SMILES string of the molecule is CCCOc1ccccc1N1C(=O)C(Nc2cccc3ccccc23)=C(c2ccc(F)cc2)C1=O. The van der Waals surface area contributed by atoms with Crippen LogP contribution in [0.3, 0.4) is 0 Å². The van der Waals surface area contributed by atoms with E-state index in [4.69, 9.17) is 4.74 Å². The Labute approximate surface area is 202 Å². The van der Waals surface area contributed by atoms with Gasteiger partial charge in [-0.25, -0.2) is 9.29 Å². The predicted octanol–water partition coefficient (Wildman–Crippen LogP) is 6.16. The van der Waals surface area contributed by atoms with Crippen LogP contribution in [-0.4, -0.2) is 18.4 Å². The highest BCUT2D eigenvalue weighted by atomic mass is 19.1. The second-order valence-electron chi connectivity index (χ2n) is 8.17. The normalized spacial score (nSPS) is 13.6. The number of anilines is 2. The number of hydrogen-bond acceptors (Lipinski definition) is 4. The zero-order valence-electron chi connectivity index (χ0n) is 19.1. The van der Waals surface area contributed by atoms with Crippen molar-refractivity contribution in [1.29, 1.82) is 0 Å². The maximum atomic E-state index is 13.8. The first-order valence-corrected chi connectivity index (χ1v) is 11.4. The summed E-state index contributed by atoms with van der Waals surface area (Å²) in [6.07, 6.45) is 0.781. The van der Waals surface area contributed by atoms with Crippen molar-refractivity contribution in [2.75, 3.05) is 16.8 Å². The summed E-state index contributed by atoms with van der Waals surface area (Å²) in [5.41, 5.74) is 1.81. The molecule has 1 aliphatic heterocycles. The summed E-state index contributed by atoms with van der Waals surface area (Å²) >= 11 is 0. The highest BCUT2D eigenvalue weighted by Gasteiger charge is 2.41. The summed E-state index contributed by atoms with van der Waals surface area (Å²) in [4.78, 5) is 28.7. The Bertz CT molecular complexity index is 1460. The maximum Gasteiger partial charge on any atom is 0.282 e. The third-order valence-corrected chi connectivity index (χ3v) is 5.83. The number of hydrogen-bond donors (Lipinski definition) is 1. The van der Waals surface area contributed by atoms with Crippen molar-refractivity contribution in [3.05, 3.63) is 108 Å². The molecule has 0 fully saturated rings. The van der Waals surface area contributed by atoms with E-state index < -0.39 is 17.6 Å². The molecule has 1 aliphatic rings. The Morgan fingerprint density at radius 1 is 0.829 bits per heavy atom. The number of halogens is 1. The molecule has 2 amide bonds.